The zero-order chi connectivity index (χ0) is 10.6. The van der Waals surface area contributed by atoms with Gasteiger partial charge in [-0.3, -0.25) is 0 Å². The molecule has 0 aromatic heterocycles. The molecule has 72 valence electrons. The van der Waals surface area contributed by atoms with E-state index in [0.29, 0.717) is 0 Å². The minimum atomic E-state index is -0.622. The normalized spacial score (nSPS) is 9.21. The lowest BCUT2D eigenvalue weighted by molar-refractivity contribution is 0.0526. The van der Waals surface area contributed by atoms with E-state index in [9.17, 15) is 9.18 Å². The Morgan fingerprint density at radius 1 is 1.57 bits per heavy atom. The van der Waals surface area contributed by atoms with Gasteiger partial charge in [0.25, 0.3) is 0 Å². The molecule has 3 nitrogen and oxygen atoms in total. The first-order valence-corrected chi connectivity index (χ1v) is 4.05. The molecule has 0 atom stereocenters. The van der Waals surface area contributed by atoms with E-state index in [1.165, 1.54) is 6.07 Å². The van der Waals surface area contributed by atoms with Crippen molar-refractivity contribution in [1.82, 2.24) is 0 Å². The van der Waals surface area contributed by atoms with Crippen LogP contribution in [0, 0.1) is 17.1 Å². The van der Waals surface area contributed by atoms with E-state index in [-0.39, 0.29) is 17.7 Å². The van der Waals surface area contributed by atoms with Crippen LogP contribution in [0.4, 0.5) is 4.39 Å². The van der Waals surface area contributed by atoms with Gasteiger partial charge in [-0.2, -0.15) is 5.26 Å². The molecule has 0 saturated carbocycles. The van der Waals surface area contributed by atoms with Gasteiger partial charge in [0.15, 0.2) is 0 Å². The average Bonchev–Trinajstić information content (AvgIpc) is 2.17. The lowest BCUT2D eigenvalue weighted by Crippen LogP contribution is -2.05. The van der Waals surface area contributed by atoms with Crippen LogP contribution < -0.4 is 0 Å². The maximum atomic E-state index is 12.9. The number of carbonyl (C=O) groups excluding carboxylic acids is 1. The van der Waals surface area contributed by atoms with E-state index in [1.807, 2.05) is 0 Å². The highest BCUT2D eigenvalue weighted by atomic mass is 19.1. The van der Waals surface area contributed by atoms with Crippen LogP contribution in [0.2, 0.25) is 0 Å². The van der Waals surface area contributed by atoms with Crippen LogP contribution in [-0.4, -0.2) is 12.6 Å². The van der Waals surface area contributed by atoms with Crippen LogP contribution >= 0.6 is 0 Å². The average molecular weight is 193 g/mol. The first-order valence-electron chi connectivity index (χ1n) is 4.05. The summed E-state index contributed by atoms with van der Waals surface area (Å²) in [5.41, 5.74) is 0.163. The van der Waals surface area contributed by atoms with Gasteiger partial charge in [0.05, 0.1) is 23.8 Å². The van der Waals surface area contributed by atoms with E-state index in [1.54, 1.807) is 13.0 Å². The molecule has 0 radical (unpaired) electrons. The summed E-state index contributed by atoms with van der Waals surface area (Å²) in [6.07, 6.45) is 0. The zero-order valence-corrected chi connectivity index (χ0v) is 7.58. The summed E-state index contributed by atoms with van der Waals surface area (Å²) in [6.45, 7) is 1.87. The summed E-state index contributed by atoms with van der Waals surface area (Å²) in [5.74, 6) is -1.24. The van der Waals surface area contributed by atoms with Gasteiger partial charge in [-0.05, 0) is 25.1 Å². The molecular formula is C10H8FNO2. The molecule has 4 heteroatoms. The monoisotopic (exact) mass is 193 g/mol. The van der Waals surface area contributed by atoms with Crippen molar-refractivity contribution < 1.29 is 13.9 Å². The number of rotatable bonds is 2. The number of nitriles is 1. The Hall–Kier alpha value is -1.89. The number of hydrogen-bond donors (Lipinski definition) is 0. The molecule has 1 rings (SSSR count). The Morgan fingerprint density at radius 3 is 2.86 bits per heavy atom. The van der Waals surface area contributed by atoms with Gasteiger partial charge in [-0.25, -0.2) is 9.18 Å². The van der Waals surface area contributed by atoms with Gasteiger partial charge in [-0.1, -0.05) is 0 Å². The second-order valence-corrected chi connectivity index (χ2v) is 2.56. The standard InChI is InChI=1S/C10H8FNO2/c1-2-14-10(13)8-3-7(6-12)4-9(11)5-8/h3-5H,2H2,1H3. The number of carbonyl (C=O) groups is 1. The fourth-order valence-corrected chi connectivity index (χ4v) is 0.986. The predicted octanol–water partition coefficient (Wildman–Crippen LogP) is 1.87. The van der Waals surface area contributed by atoms with Crippen LogP contribution in [0.25, 0.3) is 0 Å². The van der Waals surface area contributed by atoms with Gasteiger partial charge < -0.3 is 4.74 Å². The Labute approximate surface area is 80.7 Å². The van der Waals surface area contributed by atoms with Crippen molar-refractivity contribution in [1.29, 1.82) is 5.26 Å². The van der Waals surface area contributed by atoms with Gasteiger partial charge in [-0.15, -0.1) is 0 Å². The molecule has 0 fully saturated rings. The summed E-state index contributed by atoms with van der Waals surface area (Å²) >= 11 is 0. The third-order valence-electron chi connectivity index (χ3n) is 1.54. The fourth-order valence-electron chi connectivity index (χ4n) is 0.986. The molecule has 0 N–H and O–H groups in total. The number of esters is 1. The zero-order valence-electron chi connectivity index (χ0n) is 7.58. The smallest absolute Gasteiger partial charge is 0.338 e. The molecule has 0 aliphatic heterocycles. The number of nitrogens with zero attached hydrogens (tertiary/aromatic N) is 1. The topological polar surface area (TPSA) is 50.1 Å². The van der Waals surface area contributed by atoms with E-state index in [0.717, 1.165) is 12.1 Å². The maximum Gasteiger partial charge on any atom is 0.338 e. The second-order valence-electron chi connectivity index (χ2n) is 2.56. The third-order valence-corrected chi connectivity index (χ3v) is 1.54. The van der Waals surface area contributed by atoms with E-state index < -0.39 is 11.8 Å². The number of ether oxygens (including phenoxy) is 1. The maximum absolute atomic E-state index is 12.9. The van der Waals surface area contributed by atoms with Crippen LogP contribution in [0.1, 0.15) is 22.8 Å². The summed E-state index contributed by atoms with van der Waals surface area (Å²) in [6, 6.07) is 5.15. The van der Waals surface area contributed by atoms with E-state index in [4.69, 9.17) is 5.26 Å². The van der Waals surface area contributed by atoms with Crippen molar-refractivity contribution in [3.8, 4) is 6.07 Å². The highest BCUT2D eigenvalue weighted by Gasteiger charge is 2.09. The minimum Gasteiger partial charge on any atom is -0.462 e. The highest BCUT2D eigenvalue weighted by molar-refractivity contribution is 5.89. The van der Waals surface area contributed by atoms with Gasteiger partial charge >= 0.3 is 5.97 Å². The lowest BCUT2D eigenvalue weighted by atomic mass is 10.1. The largest absolute Gasteiger partial charge is 0.462 e. The van der Waals surface area contributed by atoms with Gasteiger partial charge in [0, 0.05) is 0 Å². The Bertz CT molecular complexity index is 396. The van der Waals surface area contributed by atoms with E-state index in [2.05, 4.69) is 4.74 Å². The Morgan fingerprint density at radius 2 is 2.29 bits per heavy atom. The first-order chi connectivity index (χ1) is 6.67. The molecule has 14 heavy (non-hydrogen) atoms. The van der Waals surface area contributed by atoms with Crippen molar-refractivity contribution in [2.24, 2.45) is 0 Å². The van der Waals surface area contributed by atoms with Crippen molar-refractivity contribution in [2.45, 2.75) is 6.92 Å². The number of benzene rings is 1. The third kappa shape index (κ3) is 2.30. The van der Waals surface area contributed by atoms with Crippen molar-refractivity contribution in [3.05, 3.63) is 35.1 Å². The number of hydrogen-bond acceptors (Lipinski definition) is 3. The molecule has 0 unspecified atom stereocenters. The summed E-state index contributed by atoms with van der Waals surface area (Å²) in [7, 11) is 0. The molecule has 0 spiro atoms. The Balaban J connectivity index is 3.04. The van der Waals surface area contributed by atoms with Crippen molar-refractivity contribution in [3.63, 3.8) is 0 Å². The molecule has 0 aliphatic carbocycles. The quantitative estimate of drug-likeness (QED) is 0.673. The summed E-state index contributed by atoms with van der Waals surface area (Å²) in [5, 5.41) is 8.53. The summed E-state index contributed by atoms with van der Waals surface area (Å²) < 4.78 is 17.5. The molecular weight excluding hydrogens is 185 g/mol. The molecule has 1 aromatic carbocycles. The van der Waals surface area contributed by atoms with Gasteiger partial charge in [0.2, 0.25) is 0 Å². The van der Waals surface area contributed by atoms with Crippen LogP contribution in [0.15, 0.2) is 18.2 Å². The molecule has 0 amide bonds. The summed E-state index contributed by atoms with van der Waals surface area (Å²) in [4.78, 5) is 11.2. The van der Waals surface area contributed by atoms with E-state index >= 15 is 0 Å². The fraction of sp³-hybridized carbons (Fsp3) is 0.200. The van der Waals surface area contributed by atoms with Crippen molar-refractivity contribution in [2.75, 3.05) is 6.61 Å². The molecule has 1 aromatic rings. The molecule has 0 saturated heterocycles. The second kappa shape index (κ2) is 4.38. The number of halogens is 1. The highest BCUT2D eigenvalue weighted by Crippen LogP contribution is 2.09. The molecule has 0 aliphatic rings. The SMILES string of the molecule is CCOC(=O)c1cc(F)cc(C#N)c1. The van der Waals surface area contributed by atoms with Crippen LogP contribution in [0.5, 0.6) is 0 Å². The predicted molar refractivity (Wildman–Crippen MR) is 47.1 cm³/mol. The van der Waals surface area contributed by atoms with Crippen LogP contribution in [0.3, 0.4) is 0 Å². The van der Waals surface area contributed by atoms with Crippen LogP contribution in [-0.2, 0) is 4.74 Å². The lowest BCUT2D eigenvalue weighted by Gasteiger charge is -2.01. The molecule has 0 bridgehead atoms. The Kier molecular flexibility index (Phi) is 3.19. The van der Waals surface area contributed by atoms with Crippen molar-refractivity contribution >= 4 is 5.97 Å². The molecule has 0 heterocycles. The first kappa shape index (κ1) is 10.2. The minimum absolute atomic E-state index is 0.0587. The van der Waals surface area contributed by atoms with Gasteiger partial charge in [0.1, 0.15) is 5.82 Å².